The van der Waals surface area contributed by atoms with Crippen LogP contribution in [0.4, 0.5) is 4.39 Å². The van der Waals surface area contributed by atoms with Crippen LogP contribution >= 0.6 is 0 Å². The minimum Gasteiger partial charge on any atom is -0.382 e. The van der Waals surface area contributed by atoms with Gasteiger partial charge in [-0.1, -0.05) is 65.8 Å². The van der Waals surface area contributed by atoms with Crippen molar-refractivity contribution in [2.45, 2.75) is 19.1 Å². The van der Waals surface area contributed by atoms with Crippen LogP contribution < -0.4 is 5.32 Å². The van der Waals surface area contributed by atoms with Crippen LogP contribution in [-0.2, 0) is 16.2 Å². The Kier molecular flexibility index (Phi) is 5.68. The number of carbonyl (C=O) groups is 1. The second-order valence-corrected chi connectivity index (χ2v) is 7.71. The largest absolute Gasteiger partial charge is 0.382 e. The molecule has 0 saturated heterocycles. The van der Waals surface area contributed by atoms with Crippen LogP contribution in [0.25, 0.3) is 16.9 Å². The fraction of sp³-hybridized carbons (Fsp3) is 0.115. The van der Waals surface area contributed by atoms with Crippen molar-refractivity contribution in [2.24, 2.45) is 5.16 Å². The number of carbonyl (C=O) groups excluding carboxylic acids is 1. The molecule has 1 aromatic heterocycles. The molecule has 0 aliphatic carbocycles. The third kappa shape index (κ3) is 4.52. The maximum absolute atomic E-state index is 13.2. The molecule has 0 saturated carbocycles. The Bertz CT molecular complexity index is 1290. The molecule has 4 aromatic rings. The Morgan fingerprint density at radius 1 is 0.970 bits per heavy atom. The molecular formula is C26H21FN4O2. The highest BCUT2D eigenvalue weighted by atomic mass is 19.1. The number of hydrogen-bond acceptors (Lipinski definition) is 4. The summed E-state index contributed by atoms with van der Waals surface area (Å²) in [7, 11) is 0. The maximum atomic E-state index is 13.2. The lowest BCUT2D eigenvalue weighted by Crippen LogP contribution is -2.34. The SMILES string of the molecule is O=C(NCc1cn(-c2ccccc2)nc1-c1ccccc1)C1CC(c2ccc(F)cc2)=NO1. The van der Waals surface area contributed by atoms with Crippen molar-refractivity contribution < 1.29 is 14.0 Å². The molecule has 1 atom stereocenters. The summed E-state index contributed by atoms with van der Waals surface area (Å²) >= 11 is 0. The summed E-state index contributed by atoms with van der Waals surface area (Å²) in [6.07, 6.45) is 1.52. The first-order valence-corrected chi connectivity index (χ1v) is 10.6. The van der Waals surface area contributed by atoms with Crippen LogP contribution in [-0.4, -0.2) is 27.5 Å². The van der Waals surface area contributed by atoms with Gasteiger partial charge in [0.1, 0.15) is 5.82 Å². The zero-order valence-corrected chi connectivity index (χ0v) is 17.7. The van der Waals surface area contributed by atoms with E-state index in [4.69, 9.17) is 9.94 Å². The number of nitrogens with one attached hydrogen (secondary N) is 1. The van der Waals surface area contributed by atoms with Crippen molar-refractivity contribution in [2.75, 3.05) is 0 Å². The Hall–Kier alpha value is -4.26. The number of aromatic nitrogens is 2. The number of para-hydroxylation sites is 1. The number of oxime groups is 1. The monoisotopic (exact) mass is 440 g/mol. The highest BCUT2D eigenvalue weighted by molar-refractivity contribution is 6.04. The van der Waals surface area contributed by atoms with Gasteiger partial charge in [0, 0.05) is 30.3 Å². The molecule has 0 radical (unpaired) electrons. The molecule has 164 valence electrons. The first-order chi connectivity index (χ1) is 16.2. The Morgan fingerprint density at radius 3 is 2.39 bits per heavy atom. The predicted molar refractivity (Wildman–Crippen MR) is 123 cm³/mol. The van der Waals surface area contributed by atoms with Crippen LogP contribution in [0.15, 0.2) is 96.3 Å². The molecular weight excluding hydrogens is 419 g/mol. The van der Waals surface area contributed by atoms with E-state index in [9.17, 15) is 9.18 Å². The highest BCUT2D eigenvalue weighted by Crippen LogP contribution is 2.24. The quantitative estimate of drug-likeness (QED) is 0.480. The molecule has 0 fully saturated rings. The van der Waals surface area contributed by atoms with E-state index in [1.165, 1.54) is 12.1 Å². The summed E-state index contributed by atoms with van der Waals surface area (Å²) < 4.78 is 15.0. The molecule has 33 heavy (non-hydrogen) atoms. The van der Waals surface area contributed by atoms with Gasteiger partial charge in [0.05, 0.1) is 17.1 Å². The maximum Gasteiger partial charge on any atom is 0.264 e. The smallest absolute Gasteiger partial charge is 0.264 e. The number of amides is 1. The average molecular weight is 440 g/mol. The first kappa shape index (κ1) is 20.6. The van der Waals surface area contributed by atoms with Gasteiger partial charge in [0.2, 0.25) is 6.10 Å². The normalized spacial score (nSPS) is 15.1. The molecule has 1 unspecified atom stereocenters. The fourth-order valence-corrected chi connectivity index (χ4v) is 3.72. The Balaban J connectivity index is 1.30. The van der Waals surface area contributed by atoms with Crippen molar-refractivity contribution in [1.82, 2.24) is 15.1 Å². The standard InChI is InChI=1S/C26H21FN4O2/c27-21-13-11-18(12-14-21)23-15-24(33-30-23)26(32)28-16-20-17-31(22-9-5-2-6-10-22)29-25(20)19-7-3-1-4-8-19/h1-14,17,24H,15-16H2,(H,28,32). The molecule has 2 heterocycles. The summed E-state index contributed by atoms with van der Waals surface area (Å²) in [6, 6.07) is 25.7. The van der Waals surface area contributed by atoms with Crippen LogP contribution in [0.5, 0.6) is 0 Å². The van der Waals surface area contributed by atoms with E-state index in [-0.39, 0.29) is 11.7 Å². The minimum absolute atomic E-state index is 0.262. The minimum atomic E-state index is -0.727. The van der Waals surface area contributed by atoms with E-state index in [0.29, 0.717) is 18.7 Å². The van der Waals surface area contributed by atoms with Crippen molar-refractivity contribution >= 4 is 11.6 Å². The van der Waals surface area contributed by atoms with Gasteiger partial charge in [-0.05, 0) is 29.8 Å². The van der Waals surface area contributed by atoms with Crippen molar-refractivity contribution in [3.63, 3.8) is 0 Å². The van der Waals surface area contributed by atoms with Gasteiger partial charge < -0.3 is 10.2 Å². The number of halogens is 1. The van der Waals surface area contributed by atoms with Gasteiger partial charge in [-0.25, -0.2) is 9.07 Å². The van der Waals surface area contributed by atoms with Gasteiger partial charge >= 0.3 is 0 Å². The van der Waals surface area contributed by atoms with Gasteiger partial charge in [-0.15, -0.1) is 0 Å². The van der Waals surface area contributed by atoms with Gasteiger partial charge in [-0.3, -0.25) is 4.79 Å². The van der Waals surface area contributed by atoms with Crippen molar-refractivity contribution in [3.05, 3.63) is 108 Å². The summed E-state index contributed by atoms with van der Waals surface area (Å²) in [4.78, 5) is 18.1. The van der Waals surface area contributed by atoms with Gasteiger partial charge in [-0.2, -0.15) is 5.10 Å². The third-order valence-electron chi connectivity index (χ3n) is 5.45. The lowest BCUT2D eigenvalue weighted by atomic mass is 10.0. The second kappa shape index (κ2) is 9.08. The first-order valence-electron chi connectivity index (χ1n) is 10.6. The topological polar surface area (TPSA) is 68.5 Å². The zero-order valence-electron chi connectivity index (χ0n) is 17.7. The van der Waals surface area contributed by atoms with Crippen molar-refractivity contribution in [1.29, 1.82) is 0 Å². The summed E-state index contributed by atoms with van der Waals surface area (Å²) in [5, 5.41) is 11.7. The molecule has 1 aliphatic rings. The summed E-state index contributed by atoms with van der Waals surface area (Å²) in [6.45, 7) is 0.293. The van der Waals surface area contributed by atoms with Crippen molar-refractivity contribution in [3.8, 4) is 16.9 Å². The van der Waals surface area contributed by atoms with E-state index in [2.05, 4.69) is 10.5 Å². The van der Waals surface area contributed by atoms with E-state index in [0.717, 1.165) is 28.1 Å². The lowest BCUT2D eigenvalue weighted by Gasteiger charge is -2.09. The number of nitrogens with zero attached hydrogens (tertiary/aromatic N) is 3. The zero-order chi connectivity index (χ0) is 22.6. The summed E-state index contributed by atoms with van der Waals surface area (Å²) in [5.74, 6) is -0.583. The number of benzene rings is 3. The highest BCUT2D eigenvalue weighted by Gasteiger charge is 2.29. The molecule has 5 rings (SSSR count). The third-order valence-corrected chi connectivity index (χ3v) is 5.45. The molecule has 0 bridgehead atoms. The Morgan fingerprint density at radius 2 is 1.67 bits per heavy atom. The van der Waals surface area contributed by atoms with Crippen LogP contribution in [0.3, 0.4) is 0 Å². The predicted octanol–water partition coefficient (Wildman–Crippen LogP) is 4.49. The molecule has 6 nitrogen and oxygen atoms in total. The van der Waals surface area contributed by atoms with E-state index < -0.39 is 6.10 Å². The Labute approximate surface area is 190 Å². The lowest BCUT2D eigenvalue weighted by molar-refractivity contribution is -0.131. The summed E-state index contributed by atoms with van der Waals surface area (Å²) in [5.41, 5.74) is 4.95. The molecule has 1 aliphatic heterocycles. The number of hydrogen-bond donors (Lipinski definition) is 1. The van der Waals surface area contributed by atoms with E-state index >= 15 is 0 Å². The van der Waals surface area contributed by atoms with Crippen LogP contribution in [0.2, 0.25) is 0 Å². The fourth-order valence-electron chi connectivity index (χ4n) is 3.72. The molecule has 0 spiro atoms. The van der Waals surface area contributed by atoms with Crippen LogP contribution in [0, 0.1) is 5.82 Å². The molecule has 1 amide bonds. The van der Waals surface area contributed by atoms with E-state index in [1.807, 2.05) is 71.5 Å². The number of rotatable bonds is 6. The van der Waals surface area contributed by atoms with Crippen LogP contribution in [0.1, 0.15) is 17.5 Å². The molecule has 1 N–H and O–H groups in total. The second-order valence-electron chi connectivity index (χ2n) is 7.71. The van der Waals surface area contributed by atoms with Gasteiger partial charge in [0.25, 0.3) is 5.91 Å². The average Bonchev–Trinajstić information content (AvgIpc) is 3.52. The van der Waals surface area contributed by atoms with E-state index in [1.54, 1.807) is 12.1 Å². The molecule has 3 aromatic carbocycles. The molecule has 7 heteroatoms. The van der Waals surface area contributed by atoms with Gasteiger partial charge in [0.15, 0.2) is 0 Å².